The number of amides is 1. The maximum atomic E-state index is 14.4. The first-order chi connectivity index (χ1) is 12.0. The first kappa shape index (κ1) is 19.4. The molecule has 134 valence electrons. The van der Waals surface area contributed by atoms with Gasteiger partial charge in [-0.1, -0.05) is 30.5 Å². The Morgan fingerprint density at radius 3 is 2.60 bits per heavy atom. The van der Waals surface area contributed by atoms with Gasteiger partial charge in [0.2, 0.25) is 0 Å². The minimum absolute atomic E-state index is 0.00209. The molecule has 0 aliphatic carbocycles. The van der Waals surface area contributed by atoms with Crippen LogP contribution in [0.3, 0.4) is 0 Å². The maximum Gasteiger partial charge on any atom is 0.258 e. The lowest BCUT2D eigenvalue weighted by Crippen LogP contribution is -2.17. The Bertz CT molecular complexity index is 757. The third kappa shape index (κ3) is 4.80. The number of nitrogens with zero attached hydrogens (tertiary/aromatic N) is 1. The van der Waals surface area contributed by atoms with E-state index in [1.807, 2.05) is 18.2 Å². The van der Waals surface area contributed by atoms with Crippen molar-refractivity contribution < 1.29 is 9.18 Å². The number of carbonyl (C=O) groups is 1. The topological polar surface area (TPSA) is 44.4 Å². The Labute approximate surface area is 156 Å². The number of anilines is 3. The molecule has 0 atom stereocenters. The van der Waals surface area contributed by atoms with E-state index in [1.54, 1.807) is 43.3 Å². The zero-order valence-corrected chi connectivity index (χ0v) is 16.0. The molecule has 0 saturated carbocycles. The van der Waals surface area contributed by atoms with E-state index < -0.39 is 11.7 Å². The highest BCUT2D eigenvalue weighted by Gasteiger charge is 2.15. The summed E-state index contributed by atoms with van der Waals surface area (Å²) in [6.45, 7) is 4.79. The van der Waals surface area contributed by atoms with Crippen molar-refractivity contribution >= 4 is 46.5 Å². The van der Waals surface area contributed by atoms with Crippen LogP contribution in [0.25, 0.3) is 0 Å². The summed E-state index contributed by atoms with van der Waals surface area (Å²) in [5.74, 6) is -0.158. The van der Waals surface area contributed by atoms with Gasteiger partial charge in [0.1, 0.15) is 5.82 Å². The van der Waals surface area contributed by atoms with Crippen LogP contribution in [0, 0.1) is 5.82 Å². The fraction of sp³-hybridized carbons (Fsp3) is 0.278. The Morgan fingerprint density at radius 1 is 1.24 bits per heavy atom. The second kappa shape index (κ2) is 8.97. The van der Waals surface area contributed by atoms with Crippen molar-refractivity contribution in [2.24, 2.45) is 0 Å². The molecule has 2 N–H and O–H groups in total. The summed E-state index contributed by atoms with van der Waals surface area (Å²) in [4.78, 5) is 12.4. The highest BCUT2D eigenvalue weighted by Crippen LogP contribution is 2.27. The average Bonchev–Trinajstić information content (AvgIpc) is 2.61. The van der Waals surface area contributed by atoms with Crippen LogP contribution < -0.4 is 14.9 Å². The van der Waals surface area contributed by atoms with E-state index in [0.29, 0.717) is 16.4 Å². The Hall–Kier alpha value is -1.92. The fourth-order valence-electron chi connectivity index (χ4n) is 2.34. The number of benzene rings is 2. The van der Waals surface area contributed by atoms with Gasteiger partial charge in [-0.15, -0.1) is 0 Å². The second-order valence-electron chi connectivity index (χ2n) is 5.18. The molecule has 0 aliphatic heterocycles. The van der Waals surface area contributed by atoms with E-state index in [-0.39, 0.29) is 5.56 Å². The van der Waals surface area contributed by atoms with Crippen molar-refractivity contribution in [2.75, 3.05) is 34.3 Å². The average molecular weight is 382 g/mol. The number of nitrogens with one attached hydrogen (secondary N) is 2. The molecule has 25 heavy (non-hydrogen) atoms. The zero-order chi connectivity index (χ0) is 18.4. The van der Waals surface area contributed by atoms with Gasteiger partial charge < -0.3 is 14.9 Å². The quantitative estimate of drug-likeness (QED) is 0.641. The van der Waals surface area contributed by atoms with Gasteiger partial charge in [0.25, 0.3) is 5.91 Å². The van der Waals surface area contributed by atoms with Crippen LogP contribution >= 0.6 is 23.5 Å². The Balaban J connectivity index is 2.19. The molecule has 2 rings (SSSR count). The molecule has 0 aromatic heterocycles. The minimum Gasteiger partial charge on any atom is -0.387 e. The second-order valence-corrected chi connectivity index (χ2v) is 6.86. The van der Waals surface area contributed by atoms with Crippen LogP contribution in [0.2, 0.25) is 5.02 Å². The van der Waals surface area contributed by atoms with Crippen molar-refractivity contribution in [3.05, 3.63) is 52.8 Å². The molecule has 2 aromatic carbocycles. The zero-order valence-electron chi connectivity index (χ0n) is 14.4. The van der Waals surface area contributed by atoms with E-state index in [4.69, 9.17) is 11.6 Å². The number of hydrogen-bond donors (Lipinski definition) is 2. The molecule has 0 fully saturated rings. The van der Waals surface area contributed by atoms with E-state index >= 15 is 0 Å². The molecule has 0 aliphatic rings. The van der Waals surface area contributed by atoms with E-state index in [2.05, 4.69) is 10.6 Å². The smallest absolute Gasteiger partial charge is 0.258 e. The molecule has 0 heterocycles. The third-order valence-electron chi connectivity index (χ3n) is 3.55. The summed E-state index contributed by atoms with van der Waals surface area (Å²) in [6, 6.07) is 9.69. The molecular formula is C18H21ClFN3OS. The predicted octanol–water partition coefficient (Wildman–Crippen LogP) is 5.27. The van der Waals surface area contributed by atoms with Crippen molar-refractivity contribution in [1.82, 2.24) is 0 Å². The first-order valence-electron chi connectivity index (χ1n) is 7.98. The van der Waals surface area contributed by atoms with Gasteiger partial charge in [0, 0.05) is 30.7 Å². The largest absolute Gasteiger partial charge is 0.387 e. The van der Waals surface area contributed by atoms with Gasteiger partial charge in [0.05, 0.1) is 16.3 Å². The molecule has 0 saturated heterocycles. The Kier molecular flexibility index (Phi) is 6.96. The molecule has 0 radical (unpaired) electrons. The molecule has 0 unspecified atom stereocenters. The van der Waals surface area contributed by atoms with Gasteiger partial charge in [-0.2, -0.15) is 0 Å². The van der Waals surface area contributed by atoms with Crippen molar-refractivity contribution in [2.45, 2.75) is 13.8 Å². The summed E-state index contributed by atoms with van der Waals surface area (Å²) < 4.78 is 16.4. The summed E-state index contributed by atoms with van der Waals surface area (Å²) >= 11 is 7.63. The summed E-state index contributed by atoms with van der Waals surface area (Å²) in [5, 5.41) is 6.17. The maximum absolute atomic E-state index is 14.4. The normalized spacial score (nSPS) is 10.4. The molecule has 0 spiro atoms. The monoisotopic (exact) mass is 381 g/mol. The summed E-state index contributed by atoms with van der Waals surface area (Å²) in [6.07, 6.45) is 0. The van der Waals surface area contributed by atoms with Crippen molar-refractivity contribution in [3.63, 3.8) is 0 Å². The highest BCUT2D eigenvalue weighted by atomic mass is 35.5. The lowest BCUT2D eigenvalue weighted by molar-refractivity contribution is 0.102. The lowest BCUT2D eigenvalue weighted by Gasteiger charge is -2.21. The molecule has 4 nitrogen and oxygen atoms in total. The van der Waals surface area contributed by atoms with Crippen LogP contribution in [-0.2, 0) is 0 Å². The molecule has 1 amide bonds. The van der Waals surface area contributed by atoms with Crippen molar-refractivity contribution in [1.29, 1.82) is 0 Å². The van der Waals surface area contributed by atoms with Gasteiger partial charge >= 0.3 is 0 Å². The van der Waals surface area contributed by atoms with Gasteiger partial charge in [-0.25, -0.2) is 4.39 Å². The van der Waals surface area contributed by atoms with E-state index in [0.717, 1.165) is 18.0 Å². The number of halogens is 2. The number of carbonyl (C=O) groups excluding carboxylic acids is 1. The van der Waals surface area contributed by atoms with Gasteiger partial charge in [0.15, 0.2) is 0 Å². The van der Waals surface area contributed by atoms with E-state index in [9.17, 15) is 9.18 Å². The van der Waals surface area contributed by atoms with Gasteiger partial charge in [-0.05, 0) is 43.3 Å². The molecular weight excluding hydrogens is 361 g/mol. The van der Waals surface area contributed by atoms with Crippen LogP contribution in [0.15, 0.2) is 36.4 Å². The summed E-state index contributed by atoms with van der Waals surface area (Å²) in [7, 11) is 1.74. The van der Waals surface area contributed by atoms with Crippen molar-refractivity contribution in [3.8, 4) is 0 Å². The Morgan fingerprint density at radius 2 is 2.00 bits per heavy atom. The lowest BCUT2D eigenvalue weighted by atomic mass is 10.1. The SMILES string of the molecule is CCSN(CC)c1ccc(C(=O)Nc2ccc(Cl)c(NC)c2)c(F)c1. The number of hydrogen-bond acceptors (Lipinski definition) is 4. The van der Waals surface area contributed by atoms with Crippen LogP contribution in [0.5, 0.6) is 0 Å². The van der Waals surface area contributed by atoms with Crippen LogP contribution in [-0.4, -0.2) is 25.3 Å². The first-order valence-corrected chi connectivity index (χ1v) is 9.30. The molecule has 7 heteroatoms. The minimum atomic E-state index is -0.548. The predicted molar refractivity (Wildman–Crippen MR) is 107 cm³/mol. The standard InChI is InChI=1S/C18H21ClFN3OS/c1-4-23(25-5-2)13-7-8-14(16(20)11-13)18(24)22-12-6-9-15(19)17(10-12)21-3/h6-11,21H,4-5H2,1-3H3,(H,22,24). The molecule has 0 bridgehead atoms. The molecule has 2 aromatic rings. The summed E-state index contributed by atoms with van der Waals surface area (Å²) in [5.41, 5.74) is 1.97. The highest BCUT2D eigenvalue weighted by molar-refractivity contribution is 8.00. The van der Waals surface area contributed by atoms with Crippen LogP contribution in [0.1, 0.15) is 24.2 Å². The van der Waals surface area contributed by atoms with E-state index in [1.165, 1.54) is 12.1 Å². The fourth-order valence-corrected chi connectivity index (χ4v) is 3.31. The number of rotatable bonds is 7. The van der Waals surface area contributed by atoms with Gasteiger partial charge in [-0.3, -0.25) is 4.79 Å². The van der Waals surface area contributed by atoms with Crippen LogP contribution in [0.4, 0.5) is 21.5 Å². The third-order valence-corrected chi connectivity index (χ3v) is 4.92.